The van der Waals surface area contributed by atoms with Crippen LogP contribution in [0.2, 0.25) is 0 Å². The lowest BCUT2D eigenvalue weighted by molar-refractivity contribution is 0.168. The van der Waals surface area contributed by atoms with Gasteiger partial charge in [0.25, 0.3) is 0 Å². The molecule has 0 atom stereocenters. The molecule has 0 saturated heterocycles. The summed E-state index contributed by atoms with van der Waals surface area (Å²) in [6.07, 6.45) is 0.590. The number of phenolic OH excluding ortho intramolecular Hbond substituents is 1. The van der Waals surface area contributed by atoms with E-state index in [9.17, 15) is 19.8 Å². The van der Waals surface area contributed by atoms with E-state index in [4.69, 9.17) is 9.15 Å². The van der Waals surface area contributed by atoms with Crippen molar-refractivity contribution in [1.29, 1.82) is 0 Å². The number of benzene rings is 1. The number of pyridine rings is 1. The van der Waals surface area contributed by atoms with Gasteiger partial charge in [-0.1, -0.05) is 0 Å². The van der Waals surface area contributed by atoms with E-state index in [1.165, 1.54) is 36.5 Å². The van der Waals surface area contributed by atoms with Crippen molar-refractivity contribution in [3.63, 3.8) is 0 Å². The molecule has 2 aromatic heterocycles. The summed E-state index contributed by atoms with van der Waals surface area (Å²) in [6.45, 7) is 1.83. The topological polar surface area (TPSA) is 122 Å². The van der Waals surface area contributed by atoms with E-state index in [1.807, 2.05) is 0 Å². The summed E-state index contributed by atoms with van der Waals surface area (Å²) >= 11 is 0. The molecule has 2 heterocycles. The quantitative estimate of drug-likeness (QED) is 0.669. The molecule has 8 nitrogen and oxygen atoms in total. The molecule has 0 saturated carbocycles. The number of aromatic nitrogens is 1. The molecule has 1 amide bonds. The van der Waals surface area contributed by atoms with Crippen LogP contribution in [0.15, 0.2) is 45.7 Å². The SMILES string of the molecule is CCOC(=O)Nc1cc(O)ccc1-c1cc(=O)c2c(O)ccnc2o1. The summed E-state index contributed by atoms with van der Waals surface area (Å²) in [5, 5.41) is 21.9. The minimum atomic E-state index is -0.715. The molecule has 8 heteroatoms. The van der Waals surface area contributed by atoms with E-state index in [0.29, 0.717) is 5.56 Å². The smallest absolute Gasteiger partial charge is 0.411 e. The minimum Gasteiger partial charge on any atom is -0.508 e. The molecule has 128 valence electrons. The van der Waals surface area contributed by atoms with E-state index in [0.717, 1.165) is 0 Å². The van der Waals surface area contributed by atoms with Gasteiger partial charge in [-0.25, -0.2) is 9.78 Å². The number of aromatic hydroxyl groups is 2. The molecule has 3 rings (SSSR count). The van der Waals surface area contributed by atoms with Crippen LogP contribution in [0.3, 0.4) is 0 Å². The zero-order valence-corrected chi connectivity index (χ0v) is 13.1. The third kappa shape index (κ3) is 3.23. The molecule has 0 radical (unpaired) electrons. The molecule has 0 aliphatic carbocycles. The van der Waals surface area contributed by atoms with Crippen LogP contribution in [0, 0.1) is 0 Å². The Kier molecular flexibility index (Phi) is 4.25. The van der Waals surface area contributed by atoms with Crippen LogP contribution in [0.4, 0.5) is 10.5 Å². The fourth-order valence-corrected chi connectivity index (χ4v) is 2.33. The number of rotatable bonds is 3. The van der Waals surface area contributed by atoms with Gasteiger partial charge in [-0.3, -0.25) is 10.1 Å². The first-order valence-corrected chi connectivity index (χ1v) is 7.38. The first-order valence-electron chi connectivity index (χ1n) is 7.38. The molecule has 0 bridgehead atoms. The average molecular weight is 342 g/mol. The van der Waals surface area contributed by atoms with Crippen LogP contribution < -0.4 is 10.7 Å². The number of carbonyl (C=O) groups is 1. The highest BCUT2D eigenvalue weighted by molar-refractivity contribution is 5.92. The predicted octanol–water partition coefficient (Wildman–Crippen LogP) is 2.83. The van der Waals surface area contributed by atoms with E-state index in [-0.39, 0.29) is 40.7 Å². The normalized spacial score (nSPS) is 10.6. The molecule has 3 aromatic rings. The Balaban J connectivity index is 2.15. The van der Waals surface area contributed by atoms with E-state index in [1.54, 1.807) is 6.92 Å². The number of nitrogens with one attached hydrogen (secondary N) is 1. The van der Waals surface area contributed by atoms with Gasteiger partial charge in [0, 0.05) is 23.9 Å². The van der Waals surface area contributed by atoms with Gasteiger partial charge in [-0.05, 0) is 25.1 Å². The van der Waals surface area contributed by atoms with Crippen molar-refractivity contribution >= 4 is 22.9 Å². The molecule has 3 N–H and O–H groups in total. The van der Waals surface area contributed by atoms with Crippen LogP contribution in [0.5, 0.6) is 11.5 Å². The Hall–Kier alpha value is -3.55. The lowest BCUT2D eigenvalue weighted by atomic mass is 10.1. The van der Waals surface area contributed by atoms with Gasteiger partial charge >= 0.3 is 6.09 Å². The van der Waals surface area contributed by atoms with Crippen molar-refractivity contribution < 1.29 is 24.2 Å². The maximum Gasteiger partial charge on any atom is 0.411 e. The molecule has 25 heavy (non-hydrogen) atoms. The number of phenols is 1. The van der Waals surface area contributed by atoms with Crippen molar-refractivity contribution in [3.05, 3.63) is 46.8 Å². The molecular weight excluding hydrogens is 328 g/mol. The van der Waals surface area contributed by atoms with Gasteiger partial charge in [0.2, 0.25) is 5.71 Å². The van der Waals surface area contributed by atoms with Crippen LogP contribution in [0.1, 0.15) is 6.92 Å². The number of anilines is 1. The van der Waals surface area contributed by atoms with Crippen molar-refractivity contribution in [1.82, 2.24) is 4.98 Å². The second-order valence-electron chi connectivity index (χ2n) is 5.06. The minimum absolute atomic E-state index is 0.0371. The van der Waals surface area contributed by atoms with Crippen LogP contribution in [0.25, 0.3) is 22.4 Å². The van der Waals surface area contributed by atoms with Crippen LogP contribution >= 0.6 is 0 Å². The second-order valence-corrected chi connectivity index (χ2v) is 5.06. The molecule has 1 aromatic carbocycles. The summed E-state index contributed by atoms with van der Waals surface area (Å²) < 4.78 is 10.4. The van der Waals surface area contributed by atoms with E-state index >= 15 is 0 Å². The van der Waals surface area contributed by atoms with Crippen molar-refractivity contribution in [2.75, 3.05) is 11.9 Å². The highest BCUT2D eigenvalue weighted by Gasteiger charge is 2.16. The molecule has 0 aliphatic rings. The summed E-state index contributed by atoms with van der Waals surface area (Å²) in [5.41, 5.74) is 0.00534. The van der Waals surface area contributed by atoms with E-state index in [2.05, 4.69) is 10.3 Å². The highest BCUT2D eigenvalue weighted by atomic mass is 16.5. The lowest BCUT2D eigenvalue weighted by Crippen LogP contribution is -2.14. The maximum absolute atomic E-state index is 12.3. The fraction of sp³-hybridized carbons (Fsp3) is 0.118. The number of carbonyl (C=O) groups excluding carboxylic acids is 1. The fourth-order valence-electron chi connectivity index (χ4n) is 2.33. The number of fused-ring (bicyclic) bond motifs is 1. The number of hydrogen-bond donors (Lipinski definition) is 3. The van der Waals surface area contributed by atoms with Crippen LogP contribution in [-0.4, -0.2) is 27.9 Å². The zero-order valence-electron chi connectivity index (χ0n) is 13.1. The first kappa shape index (κ1) is 16.3. The Morgan fingerprint density at radius 3 is 2.84 bits per heavy atom. The number of nitrogens with zero attached hydrogens (tertiary/aromatic N) is 1. The average Bonchev–Trinajstić information content (AvgIpc) is 2.54. The number of amides is 1. The maximum atomic E-state index is 12.3. The van der Waals surface area contributed by atoms with Gasteiger partial charge in [-0.15, -0.1) is 0 Å². The third-order valence-corrected chi connectivity index (χ3v) is 3.39. The van der Waals surface area contributed by atoms with Gasteiger partial charge in [0.15, 0.2) is 5.43 Å². The zero-order chi connectivity index (χ0) is 18.0. The Morgan fingerprint density at radius 1 is 1.28 bits per heavy atom. The van der Waals surface area contributed by atoms with Gasteiger partial charge in [-0.2, -0.15) is 0 Å². The Morgan fingerprint density at radius 2 is 2.08 bits per heavy atom. The lowest BCUT2D eigenvalue weighted by Gasteiger charge is -2.11. The van der Waals surface area contributed by atoms with Gasteiger partial charge < -0.3 is 19.4 Å². The van der Waals surface area contributed by atoms with Crippen LogP contribution in [-0.2, 0) is 4.74 Å². The molecule has 0 fully saturated rings. The number of hydrogen-bond acceptors (Lipinski definition) is 7. The molecule has 0 spiro atoms. The van der Waals surface area contributed by atoms with Crippen molar-refractivity contribution in [3.8, 4) is 22.8 Å². The van der Waals surface area contributed by atoms with Gasteiger partial charge in [0.1, 0.15) is 22.6 Å². The monoisotopic (exact) mass is 342 g/mol. The summed E-state index contributed by atoms with van der Waals surface area (Å²) in [7, 11) is 0. The molecule has 0 aliphatic heterocycles. The summed E-state index contributed by atoms with van der Waals surface area (Å²) in [6, 6.07) is 6.61. The Bertz CT molecular complexity index is 1010. The Labute approximate surface area is 141 Å². The third-order valence-electron chi connectivity index (χ3n) is 3.39. The highest BCUT2D eigenvalue weighted by Crippen LogP contribution is 2.32. The molecular formula is C17H14N2O6. The predicted molar refractivity (Wildman–Crippen MR) is 89.7 cm³/mol. The number of ether oxygens (including phenoxy) is 1. The summed E-state index contributed by atoms with van der Waals surface area (Å²) in [5.74, 6) is -0.210. The molecule has 0 unspecified atom stereocenters. The van der Waals surface area contributed by atoms with Crippen molar-refractivity contribution in [2.24, 2.45) is 0 Å². The van der Waals surface area contributed by atoms with Crippen molar-refractivity contribution in [2.45, 2.75) is 6.92 Å². The standard InChI is InChI=1S/C17H14N2O6/c1-2-24-17(23)19-11-7-9(20)3-4-10(11)14-8-13(22)15-12(21)5-6-18-16(15)25-14/h3-8,20H,2H2,1H3,(H,18,21)(H,19,23). The largest absolute Gasteiger partial charge is 0.508 e. The summed E-state index contributed by atoms with van der Waals surface area (Å²) in [4.78, 5) is 27.9. The first-order chi connectivity index (χ1) is 12.0. The van der Waals surface area contributed by atoms with E-state index < -0.39 is 11.5 Å². The second kappa shape index (κ2) is 6.52. The van der Waals surface area contributed by atoms with Gasteiger partial charge in [0.05, 0.1) is 12.3 Å².